The molecule has 0 saturated carbocycles. The van der Waals surface area contributed by atoms with Crippen LogP contribution in [-0.4, -0.2) is 17.6 Å². The molecule has 0 aliphatic carbocycles. The maximum atomic E-state index is 11.9. The Morgan fingerprint density at radius 2 is 2.10 bits per heavy atom. The van der Waals surface area contributed by atoms with E-state index in [1.807, 2.05) is 13.0 Å². The first kappa shape index (κ1) is 13.9. The van der Waals surface area contributed by atoms with Crippen molar-refractivity contribution in [2.45, 2.75) is 13.8 Å². The van der Waals surface area contributed by atoms with Gasteiger partial charge in [-0.25, -0.2) is 4.79 Å². The summed E-state index contributed by atoms with van der Waals surface area (Å²) in [4.78, 5) is 16.0. The molecule has 104 valence electrons. The van der Waals surface area contributed by atoms with E-state index in [0.717, 1.165) is 5.69 Å². The summed E-state index contributed by atoms with van der Waals surface area (Å²) in [5, 5.41) is 0. The lowest BCUT2D eigenvalue weighted by Gasteiger charge is -2.11. The summed E-state index contributed by atoms with van der Waals surface area (Å²) >= 11 is 0. The van der Waals surface area contributed by atoms with Gasteiger partial charge in [0.25, 0.3) is 0 Å². The predicted molar refractivity (Wildman–Crippen MR) is 75.9 cm³/mol. The van der Waals surface area contributed by atoms with Crippen LogP contribution in [0.3, 0.4) is 0 Å². The number of ether oxygens (including phenoxy) is 2. The minimum absolute atomic E-state index is 0.291. The predicted octanol–water partition coefficient (Wildman–Crippen LogP) is 2.94. The van der Waals surface area contributed by atoms with Gasteiger partial charge in [-0.05, 0) is 44.2 Å². The van der Waals surface area contributed by atoms with Crippen LogP contribution in [0.4, 0.5) is 5.69 Å². The van der Waals surface area contributed by atoms with E-state index in [2.05, 4.69) is 4.98 Å². The van der Waals surface area contributed by atoms with Crippen molar-refractivity contribution < 1.29 is 14.3 Å². The third-order valence-corrected chi connectivity index (χ3v) is 2.61. The number of aromatic nitrogens is 1. The molecule has 1 heterocycles. The highest BCUT2D eigenvalue weighted by Gasteiger charge is 2.15. The van der Waals surface area contributed by atoms with Crippen LogP contribution in [0, 0.1) is 6.92 Å². The second kappa shape index (κ2) is 6.06. The largest absolute Gasteiger partial charge is 0.462 e. The van der Waals surface area contributed by atoms with E-state index in [1.54, 1.807) is 31.3 Å². The monoisotopic (exact) mass is 272 g/mol. The minimum atomic E-state index is -0.463. The van der Waals surface area contributed by atoms with Gasteiger partial charge in [-0.2, -0.15) is 0 Å². The Kier molecular flexibility index (Phi) is 4.20. The van der Waals surface area contributed by atoms with Crippen LogP contribution in [0.25, 0.3) is 0 Å². The number of nitrogens with zero attached hydrogens (tertiary/aromatic N) is 1. The van der Waals surface area contributed by atoms with E-state index in [0.29, 0.717) is 29.4 Å². The Labute approximate surface area is 117 Å². The Bertz CT molecular complexity index is 609. The number of nitrogen functional groups attached to an aromatic ring is 1. The Hall–Kier alpha value is -2.56. The first-order valence-corrected chi connectivity index (χ1v) is 6.27. The van der Waals surface area contributed by atoms with E-state index in [9.17, 15) is 4.79 Å². The fourth-order valence-electron chi connectivity index (χ4n) is 1.65. The summed E-state index contributed by atoms with van der Waals surface area (Å²) < 4.78 is 10.7. The van der Waals surface area contributed by atoms with E-state index >= 15 is 0 Å². The molecule has 0 aliphatic heterocycles. The normalized spacial score (nSPS) is 10.1. The molecule has 0 bridgehead atoms. The van der Waals surface area contributed by atoms with Crippen molar-refractivity contribution in [1.82, 2.24) is 4.98 Å². The number of anilines is 1. The fraction of sp³-hybridized carbons (Fsp3) is 0.200. The number of hydrogen-bond acceptors (Lipinski definition) is 5. The van der Waals surface area contributed by atoms with Crippen LogP contribution < -0.4 is 10.5 Å². The Morgan fingerprint density at radius 1 is 1.30 bits per heavy atom. The number of nitrogens with two attached hydrogens (primary N) is 1. The number of carbonyl (C=O) groups excluding carboxylic acids is 1. The van der Waals surface area contributed by atoms with Crippen LogP contribution in [-0.2, 0) is 4.74 Å². The molecule has 0 radical (unpaired) electrons. The van der Waals surface area contributed by atoms with E-state index < -0.39 is 5.97 Å². The van der Waals surface area contributed by atoms with Crippen molar-refractivity contribution in [2.24, 2.45) is 0 Å². The average Bonchev–Trinajstić information content (AvgIpc) is 2.43. The zero-order chi connectivity index (χ0) is 14.5. The smallest absolute Gasteiger partial charge is 0.342 e. The maximum absolute atomic E-state index is 11.9. The second-order valence-corrected chi connectivity index (χ2v) is 4.21. The summed E-state index contributed by atoms with van der Waals surface area (Å²) in [6.07, 6.45) is 1.60. The topological polar surface area (TPSA) is 74.4 Å². The Balaban J connectivity index is 2.31. The van der Waals surface area contributed by atoms with Crippen molar-refractivity contribution >= 4 is 11.7 Å². The summed E-state index contributed by atoms with van der Waals surface area (Å²) in [6, 6.07) is 8.46. The molecule has 2 aromatic rings. The zero-order valence-electron chi connectivity index (χ0n) is 11.4. The molecule has 0 saturated heterocycles. The molecule has 0 atom stereocenters. The highest BCUT2D eigenvalue weighted by molar-refractivity contribution is 5.93. The van der Waals surface area contributed by atoms with Gasteiger partial charge < -0.3 is 15.2 Å². The number of carbonyl (C=O) groups is 1. The van der Waals surface area contributed by atoms with E-state index in [1.165, 1.54) is 6.07 Å². The third kappa shape index (κ3) is 3.26. The van der Waals surface area contributed by atoms with Crippen molar-refractivity contribution in [3.05, 3.63) is 47.8 Å². The molecule has 0 fully saturated rings. The number of pyridine rings is 1. The van der Waals surface area contributed by atoms with Gasteiger partial charge in [0.1, 0.15) is 17.1 Å². The number of aryl methyl sites for hydroxylation is 1. The SMILES string of the molecule is CCOC(=O)c1cc(N)ccc1Oc1ccc(C)nc1. The molecule has 0 amide bonds. The quantitative estimate of drug-likeness (QED) is 0.684. The first-order chi connectivity index (χ1) is 9.60. The maximum Gasteiger partial charge on any atom is 0.342 e. The summed E-state index contributed by atoms with van der Waals surface area (Å²) in [7, 11) is 0. The van der Waals surface area contributed by atoms with Gasteiger partial charge in [-0.3, -0.25) is 4.98 Å². The van der Waals surface area contributed by atoms with Gasteiger partial charge in [0, 0.05) is 11.4 Å². The summed E-state index contributed by atoms with van der Waals surface area (Å²) in [6.45, 7) is 3.92. The molecular weight excluding hydrogens is 256 g/mol. The molecule has 1 aromatic heterocycles. The van der Waals surface area contributed by atoms with Crippen LogP contribution >= 0.6 is 0 Å². The number of benzene rings is 1. The van der Waals surface area contributed by atoms with Gasteiger partial charge in [0.2, 0.25) is 0 Å². The summed E-state index contributed by atoms with van der Waals surface area (Å²) in [5.74, 6) is 0.476. The van der Waals surface area contributed by atoms with E-state index in [4.69, 9.17) is 15.2 Å². The molecule has 0 unspecified atom stereocenters. The molecule has 0 spiro atoms. The highest BCUT2D eigenvalue weighted by atomic mass is 16.5. The molecule has 2 rings (SSSR count). The highest BCUT2D eigenvalue weighted by Crippen LogP contribution is 2.27. The minimum Gasteiger partial charge on any atom is -0.462 e. The van der Waals surface area contributed by atoms with Crippen molar-refractivity contribution in [1.29, 1.82) is 0 Å². The number of rotatable bonds is 4. The first-order valence-electron chi connectivity index (χ1n) is 6.27. The van der Waals surface area contributed by atoms with Crippen molar-refractivity contribution in [2.75, 3.05) is 12.3 Å². The zero-order valence-corrected chi connectivity index (χ0v) is 11.4. The number of hydrogen-bond donors (Lipinski definition) is 1. The molecular formula is C15H16N2O3. The van der Waals surface area contributed by atoms with Crippen LogP contribution in [0.5, 0.6) is 11.5 Å². The molecule has 5 nitrogen and oxygen atoms in total. The molecule has 5 heteroatoms. The van der Waals surface area contributed by atoms with Crippen LogP contribution in [0.1, 0.15) is 23.0 Å². The lowest BCUT2D eigenvalue weighted by atomic mass is 10.2. The Morgan fingerprint density at radius 3 is 2.75 bits per heavy atom. The lowest BCUT2D eigenvalue weighted by molar-refractivity contribution is 0.0523. The van der Waals surface area contributed by atoms with Gasteiger partial charge in [0.15, 0.2) is 0 Å². The summed E-state index contributed by atoms with van der Waals surface area (Å²) in [5.41, 5.74) is 7.36. The molecule has 1 aromatic carbocycles. The average molecular weight is 272 g/mol. The van der Waals surface area contributed by atoms with Crippen LogP contribution in [0.15, 0.2) is 36.5 Å². The van der Waals surface area contributed by atoms with Gasteiger partial charge in [-0.1, -0.05) is 0 Å². The second-order valence-electron chi connectivity index (χ2n) is 4.21. The number of esters is 1. The molecule has 20 heavy (non-hydrogen) atoms. The standard InChI is InChI=1S/C15H16N2O3/c1-3-19-15(18)13-8-11(16)5-7-14(13)20-12-6-4-10(2)17-9-12/h4-9H,3,16H2,1-2H3. The van der Waals surface area contributed by atoms with Gasteiger partial charge in [0.05, 0.1) is 12.8 Å². The molecule has 0 aliphatic rings. The van der Waals surface area contributed by atoms with Gasteiger partial charge >= 0.3 is 5.97 Å². The van der Waals surface area contributed by atoms with Crippen molar-refractivity contribution in [3.8, 4) is 11.5 Å². The lowest BCUT2D eigenvalue weighted by Crippen LogP contribution is -2.07. The third-order valence-electron chi connectivity index (χ3n) is 2.61. The van der Waals surface area contributed by atoms with E-state index in [-0.39, 0.29) is 0 Å². The fourth-order valence-corrected chi connectivity index (χ4v) is 1.65. The van der Waals surface area contributed by atoms with Crippen LogP contribution in [0.2, 0.25) is 0 Å². The van der Waals surface area contributed by atoms with Crippen molar-refractivity contribution in [3.63, 3.8) is 0 Å². The van der Waals surface area contributed by atoms with Gasteiger partial charge in [-0.15, -0.1) is 0 Å². The molecule has 2 N–H and O–H groups in total.